The molecule has 2 N–H and O–H groups in total. The Morgan fingerprint density at radius 2 is 2.10 bits per heavy atom. The van der Waals surface area contributed by atoms with Crippen LogP contribution >= 0.6 is 0 Å². The topological polar surface area (TPSA) is 63.6 Å². The highest BCUT2D eigenvalue weighted by Crippen LogP contribution is 2.38. The monoisotopic (exact) mass is 272 g/mol. The third kappa shape index (κ3) is 2.04. The van der Waals surface area contributed by atoms with Crippen LogP contribution in [0.3, 0.4) is 0 Å². The number of pyridine rings is 1. The number of hydrogen-bond donors (Lipinski definition) is 2. The van der Waals surface area contributed by atoms with E-state index in [2.05, 4.69) is 10.3 Å². The Labute approximate surface area is 116 Å². The zero-order valence-electron chi connectivity index (χ0n) is 11.0. The molecule has 1 aromatic carbocycles. The molecule has 1 unspecified atom stereocenters. The first kappa shape index (κ1) is 11.8. The first-order valence-electron chi connectivity index (χ1n) is 6.91. The summed E-state index contributed by atoms with van der Waals surface area (Å²) in [7, 11) is 0. The van der Waals surface area contributed by atoms with Crippen LogP contribution in [0.25, 0.3) is 10.8 Å². The van der Waals surface area contributed by atoms with Gasteiger partial charge in [-0.05, 0) is 42.3 Å². The van der Waals surface area contributed by atoms with Crippen molar-refractivity contribution in [1.82, 2.24) is 4.98 Å². The molecule has 0 bridgehead atoms. The van der Waals surface area contributed by atoms with Gasteiger partial charge in [-0.2, -0.15) is 0 Å². The van der Waals surface area contributed by atoms with Crippen molar-refractivity contribution in [2.45, 2.75) is 18.9 Å². The SMILES string of the molecule is OC(CNc1nccc2cc3c(cc12)OCO3)C1CC1. The first-order chi connectivity index (χ1) is 9.81. The molecule has 5 nitrogen and oxygen atoms in total. The second kappa shape index (κ2) is 4.52. The number of fused-ring (bicyclic) bond motifs is 2. The van der Waals surface area contributed by atoms with Gasteiger partial charge in [-0.25, -0.2) is 4.98 Å². The second-order valence-electron chi connectivity index (χ2n) is 5.37. The Balaban J connectivity index is 1.64. The summed E-state index contributed by atoms with van der Waals surface area (Å²) in [5.74, 6) is 2.75. The molecular formula is C15H16N2O3. The lowest BCUT2D eigenvalue weighted by Crippen LogP contribution is -2.21. The van der Waals surface area contributed by atoms with Gasteiger partial charge in [0.1, 0.15) is 5.82 Å². The summed E-state index contributed by atoms with van der Waals surface area (Å²) in [5, 5.41) is 15.2. The molecule has 0 radical (unpaired) electrons. The minimum Gasteiger partial charge on any atom is -0.454 e. The third-order valence-electron chi connectivity index (χ3n) is 3.90. The molecule has 1 saturated carbocycles. The van der Waals surface area contributed by atoms with Crippen LogP contribution in [0.4, 0.5) is 5.82 Å². The fourth-order valence-electron chi connectivity index (χ4n) is 2.55. The van der Waals surface area contributed by atoms with Crippen LogP contribution in [0.5, 0.6) is 11.5 Å². The van der Waals surface area contributed by atoms with Gasteiger partial charge in [0.25, 0.3) is 0 Å². The zero-order chi connectivity index (χ0) is 13.5. The number of benzene rings is 1. The third-order valence-corrected chi connectivity index (χ3v) is 3.90. The molecule has 20 heavy (non-hydrogen) atoms. The van der Waals surface area contributed by atoms with Crippen molar-refractivity contribution >= 4 is 16.6 Å². The predicted molar refractivity (Wildman–Crippen MR) is 75.1 cm³/mol. The molecular weight excluding hydrogens is 256 g/mol. The van der Waals surface area contributed by atoms with E-state index in [0.717, 1.165) is 40.9 Å². The average Bonchev–Trinajstić information content (AvgIpc) is 3.22. The molecule has 0 amide bonds. The molecule has 0 saturated heterocycles. The number of nitrogens with one attached hydrogen (secondary N) is 1. The highest BCUT2D eigenvalue weighted by molar-refractivity contribution is 5.94. The Morgan fingerprint density at radius 1 is 1.30 bits per heavy atom. The van der Waals surface area contributed by atoms with Crippen molar-refractivity contribution in [3.8, 4) is 11.5 Å². The molecule has 1 aliphatic heterocycles. The molecule has 1 aromatic heterocycles. The normalized spacial score (nSPS) is 18.2. The molecule has 2 heterocycles. The molecule has 1 fully saturated rings. The average molecular weight is 272 g/mol. The standard InChI is InChI=1S/C15H16N2O3/c18-12(9-1-2-9)7-17-15-11-6-14-13(19-8-20-14)5-10(11)3-4-16-15/h3-6,9,12,18H,1-2,7-8H2,(H,16,17). The molecule has 2 aromatic rings. The van der Waals surface area contributed by atoms with E-state index in [-0.39, 0.29) is 12.9 Å². The molecule has 0 spiro atoms. The highest BCUT2D eigenvalue weighted by atomic mass is 16.7. The summed E-state index contributed by atoms with van der Waals surface area (Å²) in [5.41, 5.74) is 0. The van der Waals surface area contributed by atoms with Crippen molar-refractivity contribution in [2.24, 2.45) is 5.92 Å². The van der Waals surface area contributed by atoms with E-state index >= 15 is 0 Å². The van der Waals surface area contributed by atoms with Gasteiger partial charge < -0.3 is 19.9 Å². The Kier molecular flexibility index (Phi) is 2.67. The Bertz CT molecular complexity index is 655. The molecule has 4 rings (SSSR count). The number of ether oxygens (including phenoxy) is 2. The van der Waals surface area contributed by atoms with Crippen LogP contribution < -0.4 is 14.8 Å². The lowest BCUT2D eigenvalue weighted by atomic mass is 10.1. The van der Waals surface area contributed by atoms with E-state index in [1.807, 2.05) is 18.2 Å². The van der Waals surface area contributed by atoms with E-state index < -0.39 is 0 Å². The minimum atomic E-state index is -0.291. The second-order valence-corrected chi connectivity index (χ2v) is 5.37. The van der Waals surface area contributed by atoms with Crippen molar-refractivity contribution < 1.29 is 14.6 Å². The number of rotatable bonds is 4. The number of hydrogen-bond acceptors (Lipinski definition) is 5. The summed E-state index contributed by atoms with van der Waals surface area (Å²) in [6.07, 6.45) is 3.73. The quantitative estimate of drug-likeness (QED) is 0.893. The number of nitrogens with zero attached hydrogens (tertiary/aromatic N) is 1. The fourth-order valence-corrected chi connectivity index (χ4v) is 2.55. The zero-order valence-corrected chi connectivity index (χ0v) is 11.0. The molecule has 2 aliphatic rings. The van der Waals surface area contributed by atoms with Crippen molar-refractivity contribution in [2.75, 3.05) is 18.7 Å². The molecule has 104 valence electrons. The maximum atomic E-state index is 9.94. The predicted octanol–water partition coefficient (Wildman–Crippen LogP) is 2.15. The number of aliphatic hydroxyl groups excluding tert-OH is 1. The smallest absolute Gasteiger partial charge is 0.231 e. The minimum absolute atomic E-state index is 0.266. The lowest BCUT2D eigenvalue weighted by molar-refractivity contribution is 0.164. The van der Waals surface area contributed by atoms with E-state index in [9.17, 15) is 5.11 Å². The molecule has 5 heteroatoms. The molecule has 1 aliphatic carbocycles. The number of aromatic nitrogens is 1. The maximum Gasteiger partial charge on any atom is 0.231 e. The van der Waals surface area contributed by atoms with E-state index in [1.165, 1.54) is 0 Å². The van der Waals surface area contributed by atoms with Gasteiger partial charge in [-0.3, -0.25) is 0 Å². The lowest BCUT2D eigenvalue weighted by Gasteiger charge is -2.13. The highest BCUT2D eigenvalue weighted by Gasteiger charge is 2.29. The molecule has 1 atom stereocenters. The van der Waals surface area contributed by atoms with Gasteiger partial charge in [0, 0.05) is 18.1 Å². The van der Waals surface area contributed by atoms with Crippen LogP contribution in [0.15, 0.2) is 24.4 Å². The van der Waals surface area contributed by atoms with Crippen LogP contribution in [-0.2, 0) is 0 Å². The summed E-state index contributed by atoms with van der Waals surface area (Å²) < 4.78 is 10.8. The summed E-state index contributed by atoms with van der Waals surface area (Å²) in [6, 6.07) is 5.85. The van der Waals surface area contributed by atoms with Gasteiger partial charge in [0.2, 0.25) is 6.79 Å². The number of aliphatic hydroxyl groups is 1. The van der Waals surface area contributed by atoms with Gasteiger partial charge in [0.05, 0.1) is 6.10 Å². The van der Waals surface area contributed by atoms with Crippen molar-refractivity contribution in [1.29, 1.82) is 0 Å². The summed E-state index contributed by atoms with van der Waals surface area (Å²) in [4.78, 5) is 4.37. The summed E-state index contributed by atoms with van der Waals surface area (Å²) in [6.45, 7) is 0.799. The van der Waals surface area contributed by atoms with Crippen LogP contribution in [0, 0.1) is 5.92 Å². The van der Waals surface area contributed by atoms with Gasteiger partial charge >= 0.3 is 0 Å². The van der Waals surface area contributed by atoms with Crippen molar-refractivity contribution in [3.05, 3.63) is 24.4 Å². The van der Waals surface area contributed by atoms with E-state index in [1.54, 1.807) is 6.20 Å². The van der Waals surface area contributed by atoms with Gasteiger partial charge in [-0.15, -0.1) is 0 Å². The van der Waals surface area contributed by atoms with Crippen LogP contribution in [0.1, 0.15) is 12.8 Å². The van der Waals surface area contributed by atoms with E-state index in [4.69, 9.17) is 9.47 Å². The van der Waals surface area contributed by atoms with Gasteiger partial charge in [-0.1, -0.05) is 0 Å². The fraction of sp³-hybridized carbons (Fsp3) is 0.400. The largest absolute Gasteiger partial charge is 0.454 e. The number of anilines is 1. The Hall–Kier alpha value is -2.01. The van der Waals surface area contributed by atoms with Crippen LogP contribution in [-0.4, -0.2) is 29.5 Å². The summed E-state index contributed by atoms with van der Waals surface area (Å²) >= 11 is 0. The van der Waals surface area contributed by atoms with E-state index in [0.29, 0.717) is 12.5 Å². The maximum absolute atomic E-state index is 9.94. The van der Waals surface area contributed by atoms with Gasteiger partial charge in [0.15, 0.2) is 11.5 Å². The van der Waals surface area contributed by atoms with Crippen molar-refractivity contribution in [3.63, 3.8) is 0 Å². The van der Waals surface area contributed by atoms with Crippen LogP contribution in [0.2, 0.25) is 0 Å². The Morgan fingerprint density at radius 3 is 2.90 bits per heavy atom. The first-order valence-corrected chi connectivity index (χ1v) is 6.91.